The number of anilines is 1. The van der Waals surface area contributed by atoms with Crippen LogP contribution >= 0.6 is 0 Å². The van der Waals surface area contributed by atoms with Crippen molar-refractivity contribution in [2.75, 3.05) is 24.5 Å². The second-order valence-corrected chi connectivity index (χ2v) is 11.5. The number of carbonyl (C=O) groups is 3. The number of nitrogens with one attached hydrogen (secondary N) is 2. The molecule has 4 aromatic rings. The van der Waals surface area contributed by atoms with Crippen LogP contribution in [0.2, 0.25) is 0 Å². The van der Waals surface area contributed by atoms with Gasteiger partial charge in [0.25, 0.3) is 11.8 Å². The third kappa shape index (κ3) is 4.21. The Hall–Kier alpha value is -4.43. The predicted molar refractivity (Wildman–Crippen MR) is 158 cm³/mol. The van der Waals surface area contributed by atoms with Crippen LogP contribution in [-0.2, 0) is 23.3 Å². The summed E-state index contributed by atoms with van der Waals surface area (Å²) in [5.41, 5.74) is 3.85. The van der Waals surface area contributed by atoms with E-state index in [1.807, 2.05) is 31.2 Å². The lowest BCUT2D eigenvalue weighted by molar-refractivity contribution is -0.125. The van der Waals surface area contributed by atoms with Crippen LogP contribution in [0.1, 0.15) is 46.9 Å². The quantitative estimate of drug-likeness (QED) is 0.351. The SMILES string of the molecule is C[C@]12C(=O)N(c3cccc(C(=O)NC4CCN(Cc5ccccc5)CC4)c3)C(=O)N1CCc1c2[nH]c2ccccc12. The molecule has 4 amide bonds. The zero-order valence-electron chi connectivity index (χ0n) is 23.1. The highest BCUT2D eigenvalue weighted by molar-refractivity contribution is 6.24. The number of piperidine rings is 1. The van der Waals surface area contributed by atoms with Crippen molar-refractivity contribution in [2.24, 2.45) is 0 Å². The molecule has 3 aromatic carbocycles. The number of hydrogen-bond acceptors (Lipinski definition) is 4. The molecule has 7 rings (SSSR count). The molecule has 8 nitrogen and oxygen atoms in total. The highest BCUT2D eigenvalue weighted by Crippen LogP contribution is 2.45. The number of fused-ring (bicyclic) bond motifs is 5. The first-order chi connectivity index (χ1) is 19.9. The maximum Gasteiger partial charge on any atom is 0.332 e. The van der Waals surface area contributed by atoms with Gasteiger partial charge in [-0.05, 0) is 61.6 Å². The number of amides is 4. The summed E-state index contributed by atoms with van der Waals surface area (Å²) in [5.74, 6) is -0.493. The Morgan fingerprint density at radius 1 is 0.951 bits per heavy atom. The third-order valence-corrected chi connectivity index (χ3v) is 9.01. The van der Waals surface area contributed by atoms with Gasteiger partial charge in [-0.25, -0.2) is 9.69 Å². The fraction of sp³-hybridized carbons (Fsp3) is 0.303. The highest BCUT2D eigenvalue weighted by atomic mass is 16.2. The monoisotopic (exact) mass is 547 g/mol. The molecule has 3 aliphatic heterocycles. The molecule has 1 aromatic heterocycles. The summed E-state index contributed by atoms with van der Waals surface area (Å²) in [7, 11) is 0. The van der Waals surface area contributed by atoms with Gasteiger partial charge in [0.05, 0.1) is 11.4 Å². The zero-order chi connectivity index (χ0) is 28.1. The molecule has 0 bridgehead atoms. The van der Waals surface area contributed by atoms with E-state index in [1.165, 1.54) is 10.5 Å². The van der Waals surface area contributed by atoms with E-state index < -0.39 is 5.54 Å². The van der Waals surface area contributed by atoms with Crippen molar-refractivity contribution >= 4 is 34.4 Å². The molecule has 3 aliphatic rings. The topological polar surface area (TPSA) is 88.8 Å². The van der Waals surface area contributed by atoms with E-state index in [0.29, 0.717) is 24.2 Å². The summed E-state index contributed by atoms with van der Waals surface area (Å²) in [6.07, 6.45) is 2.43. The molecular formula is C33H33N5O3. The van der Waals surface area contributed by atoms with Crippen LogP contribution in [-0.4, -0.2) is 58.3 Å². The Morgan fingerprint density at radius 2 is 1.71 bits per heavy atom. The first-order valence-corrected chi connectivity index (χ1v) is 14.4. The summed E-state index contributed by atoms with van der Waals surface area (Å²) in [6.45, 7) is 5.02. The predicted octanol–water partition coefficient (Wildman–Crippen LogP) is 4.80. The van der Waals surface area contributed by atoms with Crippen LogP contribution in [0.4, 0.5) is 10.5 Å². The Kier molecular flexibility index (Phi) is 6.16. The minimum atomic E-state index is -1.13. The average Bonchev–Trinajstić information content (AvgIpc) is 3.47. The van der Waals surface area contributed by atoms with Crippen molar-refractivity contribution in [3.8, 4) is 0 Å². The lowest BCUT2D eigenvalue weighted by Gasteiger charge is -2.35. The van der Waals surface area contributed by atoms with Gasteiger partial charge in [0.15, 0.2) is 5.54 Å². The van der Waals surface area contributed by atoms with E-state index in [-0.39, 0.29) is 23.9 Å². The van der Waals surface area contributed by atoms with Gasteiger partial charge in [0.2, 0.25) is 0 Å². The van der Waals surface area contributed by atoms with E-state index in [9.17, 15) is 14.4 Å². The number of para-hydroxylation sites is 1. The zero-order valence-corrected chi connectivity index (χ0v) is 23.1. The lowest BCUT2D eigenvalue weighted by Crippen LogP contribution is -2.49. The van der Waals surface area contributed by atoms with Crippen molar-refractivity contribution in [3.63, 3.8) is 0 Å². The largest absolute Gasteiger partial charge is 0.356 e. The Balaban J connectivity index is 1.07. The van der Waals surface area contributed by atoms with Crippen molar-refractivity contribution in [2.45, 2.75) is 44.3 Å². The van der Waals surface area contributed by atoms with Crippen LogP contribution in [0.15, 0.2) is 78.9 Å². The maximum absolute atomic E-state index is 14.0. The van der Waals surface area contributed by atoms with Gasteiger partial charge in [0, 0.05) is 48.7 Å². The number of carbonyl (C=O) groups excluding carboxylic acids is 3. The Morgan fingerprint density at radius 3 is 2.51 bits per heavy atom. The van der Waals surface area contributed by atoms with E-state index in [4.69, 9.17) is 0 Å². The fourth-order valence-electron chi connectivity index (χ4n) is 6.75. The number of aromatic nitrogens is 1. The summed E-state index contributed by atoms with van der Waals surface area (Å²) in [5, 5.41) is 4.27. The van der Waals surface area contributed by atoms with E-state index in [0.717, 1.165) is 54.6 Å². The molecule has 208 valence electrons. The van der Waals surface area contributed by atoms with Crippen molar-refractivity contribution in [1.29, 1.82) is 0 Å². The first kappa shape index (κ1) is 25.5. The molecule has 0 aliphatic carbocycles. The van der Waals surface area contributed by atoms with Crippen molar-refractivity contribution < 1.29 is 14.4 Å². The summed E-state index contributed by atoms with van der Waals surface area (Å²) < 4.78 is 0. The van der Waals surface area contributed by atoms with Crippen LogP contribution in [0.25, 0.3) is 10.9 Å². The first-order valence-electron chi connectivity index (χ1n) is 14.4. The van der Waals surface area contributed by atoms with Gasteiger partial charge >= 0.3 is 6.03 Å². The van der Waals surface area contributed by atoms with Crippen molar-refractivity contribution in [1.82, 2.24) is 20.1 Å². The number of hydrogen-bond donors (Lipinski definition) is 2. The van der Waals surface area contributed by atoms with E-state index >= 15 is 0 Å². The van der Waals surface area contributed by atoms with Gasteiger partial charge in [0.1, 0.15) is 0 Å². The van der Waals surface area contributed by atoms with Gasteiger partial charge in [-0.2, -0.15) is 0 Å². The number of rotatable bonds is 5. The second kappa shape index (κ2) is 9.89. The summed E-state index contributed by atoms with van der Waals surface area (Å²) >= 11 is 0. The van der Waals surface area contributed by atoms with Gasteiger partial charge < -0.3 is 15.2 Å². The number of imide groups is 1. The van der Waals surface area contributed by atoms with Gasteiger partial charge in [-0.15, -0.1) is 0 Å². The van der Waals surface area contributed by atoms with Crippen LogP contribution < -0.4 is 10.2 Å². The number of aromatic amines is 1. The molecule has 41 heavy (non-hydrogen) atoms. The molecule has 0 spiro atoms. The average molecular weight is 548 g/mol. The molecule has 8 heteroatoms. The third-order valence-electron chi connectivity index (χ3n) is 9.01. The highest BCUT2D eigenvalue weighted by Gasteiger charge is 2.59. The molecule has 4 heterocycles. The normalized spacial score (nSPS) is 21.3. The molecular weight excluding hydrogens is 514 g/mol. The van der Waals surface area contributed by atoms with Gasteiger partial charge in [-0.3, -0.25) is 14.5 Å². The van der Waals surface area contributed by atoms with Gasteiger partial charge in [-0.1, -0.05) is 54.6 Å². The molecule has 1 atom stereocenters. The Bertz CT molecular complexity index is 1660. The molecule has 0 saturated carbocycles. The Labute approximate surface area is 238 Å². The number of nitrogens with zero attached hydrogens (tertiary/aromatic N) is 3. The molecule has 2 saturated heterocycles. The van der Waals surface area contributed by atoms with Crippen molar-refractivity contribution in [3.05, 3.63) is 101 Å². The summed E-state index contributed by atoms with van der Waals surface area (Å²) in [4.78, 5) is 49.7. The smallest absolute Gasteiger partial charge is 0.332 e. The number of urea groups is 1. The minimum absolute atomic E-state index is 0.0848. The van der Waals surface area contributed by atoms with E-state index in [1.54, 1.807) is 29.2 Å². The molecule has 2 N–H and O–H groups in total. The van der Waals surface area contributed by atoms with Crippen LogP contribution in [0.3, 0.4) is 0 Å². The standard InChI is InChI=1S/C33H33N5O3/c1-33-29-27(26-12-5-6-13-28(26)35-29)16-19-37(33)32(41)38(31(33)40)25-11-7-10-23(20-25)30(39)34-24-14-17-36(18-15-24)21-22-8-3-2-4-9-22/h2-13,20,24,35H,14-19,21H2,1H3,(H,34,39)/t33-/m0/s1. The van der Waals surface area contributed by atoms with E-state index in [2.05, 4.69) is 45.5 Å². The molecule has 0 unspecified atom stereocenters. The summed E-state index contributed by atoms with van der Waals surface area (Å²) in [6, 6.07) is 25.0. The second-order valence-electron chi connectivity index (χ2n) is 11.5. The maximum atomic E-state index is 14.0. The molecule has 0 radical (unpaired) electrons. The molecule has 2 fully saturated rings. The number of likely N-dealkylation sites (tertiary alicyclic amines) is 1. The lowest BCUT2D eigenvalue weighted by atomic mass is 9.87. The number of H-pyrrole nitrogens is 1. The fourth-order valence-corrected chi connectivity index (χ4v) is 6.75. The minimum Gasteiger partial charge on any atom is -0.356 e. The van der Waals surface area contributed by atoms with Crippen LogP contribution in [0, 0.1) is 0 Å². The number of benzene rings is 3. The van der Waals surface area contributed by atoms with Crippen LogP contribution in [0.5, 0.6) is 0 Å².